The molecule has 0 fully saturated rings. The van der Waals surface area contributed by atoms with E-state index in [2.05, 4.69) is 0 Å². The second kappa shape index (κ2) is 4.90. The van der Waals surface area contributed by atoms with Crippen molar-refractivity contribution < 1.29 is 0 Å². The van der Waals surface area contributed by atoms with Gasteiger partial charge in [0, 0.05) is 23.6 Å². The molecule has 0 saturated heterocycles. The van der Waals surface area contributed by atoms with Crippen LogP contribution >= 0.6 is 35.3 Å². The first-order chi connectivity index (χ1) is 5.70. The van der Waals surface area contributed by atoms with Crippen LogP contribution in [0.3, 0.4) is 0 Å². The molecule has 0 aromatic heterocycles. The summed E-state index contributed by atoms with van der Waals surface area (Å²) >= 11 is 16.4. The molecule has 5 heteroatoms. The summed E-state index contributed by atoms with van der Waals surface area (Å²) in [6.07, 6.45) is 0. The molecule has 0 radical (unpaired) electrons. The first-order valence-corrected chi connectivity index (χ1v) is 4.30. The highest BCUT2D eigenvalue weighted by Crippen LogP contribution is 2.13. The van der Waals surface area contributed by atoms with Crippen molar-refractivity contribution in [1.82, 2.24) is 8.58 Å². The summed E-state index contributed by atoms with van der Waals surface area (Å²) in [6.45, 7) is 0.468. The zero-order valence-electron chi connectivity index (χ0n) is 6.12. The van der Waals surface area contributed by atoms with Crippen molar-refractivity contribution in [2.24, 2.45) is 0 Å². The Labute approximate surface area is 86.5 Å². The third kappa shape index (κ3) is 3.17. The van der Waals surface area contributed by atoms with E-state index in [4.69, 9.17) is 35.3 Å². The van der Waals surface area contributed by atoms with E-state index in [-0.39, 0.29) is 0 Å². The van der Waals surface area contributed by atoms with Gasteiger partial charge >= 0.3 is 0 Å². The van der Waals surface area contributed by atoms with Crippen molar-refractivity contribution in [1.29, 1.82) is 0 Å². The van der Waals surface area contributed by atoms with E-state index in [1.54, 1.807) is 0 Å². The molecule has 0 heterocycles. The summed E-state index contributed by atoms with van der Waals surface area (Å²) in [6, 6.07) is 9.65. The Kier molecular flexibility index (Phi) is 4.12. The number of nitrogens with zero attached hydrogens (tertiary/aromatic N) is 2. The first kappa shape index (κ1) is 10.1. The molecule has 1 aromatic carbocycles. The Balaban J connectivity index is 2.53. The standard InChI is InChI=1S/C7H7Cl3N2/c8-11(12(9)10)6-7-4-2-1-3-5-7/h1-5H,6H2. The average molecular weight is 226 g/mol. The topological polar surface area (TPSA) is 6.48 Å². The van der Waals surface area contributed by atoms with Crippen LogP contribution in [0.2, 0.25) is 0 Å². The Morgan fingerprint density at radius 1 is 1.00 bits per heavy atom. The second-order valence-corrected chi connectivity index (χ2v) is 3.40. The van der Waals surface area contributed by atoms with Gasteiger partial charge in [-0.2, -0.15) is 0 Å². The van der Waals surface area contributed by atoms with Gasteiger partial charge in [-0.25, -0.2) is 0 Å². The maximum atomic E-state index is 5.65. The maximum absolute atomic E-state index is 5.65. The minimum absolute atomic E-state index is 0.468. The molecular weight excluding hydrogens is 218 g/mol. The van der Waals surface area contributed by atoms with Crippen molar-refractivity contribution in [3.63, 3.8) is 0 Å². The lowest BCUT2D eigenvalue weighted by atomic mass is 10.2. The molecule has 1 rings (SSSR count). The first-order valence-electron chi connectivity index (χ1n) is 3.29. The molecule has 12 heavy (non-hydrogen) atoms. The fourth-order valence-electron chi connectivity index (χ4n) is 0.788. The van der Waals surface area contributed by atoms with Crippen LogP contribution in [0.1, 0.15) is 5.56 Å². The van der Waals surface area contributed by atoms with Crippen molar-refractivity contribution in [3.05, 3.63) is 35.9 Å². The van der Waals surface area contributed by atoms with E-state index in [1.165, 1.54) is 4.53 Å². The minimum atomic E-state index is 0.468. The van der Waals surface area contributed by atoms with Crippen molar-refractivity contribution in [2.75, 3.05) is 0 Å². The zero-order chi connectivity index (χ0) is 8.97. The van der Waals surface area contributed by atoms with Crippen molar-refractivity contribution >= 4 is 35.3 Å². The van der Waals surface area contributed by atoms with Gasteiger partial charge in [0.25, 0.3) is 0 Å². The van der Waals surface area contributed by atoms with Gasteiger partial charge in [-0.05, 0) is 21.4 Å². The van der Waals surface area contributed by atoms with E-state index in [1.807, 2.05) is 30.3 Å². The lowest BCUT2D eigenvalue weighted by molar-refractivity contribution is 0.283. The molecule has 0 spiro atoms. The number of hydrogen-bond donors (Lipinski definition) is 0. The normalized spacial score (nSPS) is 11.1. The monoisotopic (exact) mass is 224 g/mol. The van der Waals surface area contributed by atoms with Crippen LogP contribution in [0.5, 0.6) is 0 Å². The van der Waals surface area contributed by atoms with Crippen molar-refractivity contribution in [3.8, 4) is 0 Å². The van der Waals surface area contributed by atoms with Crippen molar-refractivity contribution in [2.45, 2.75) is 6.54 Å². The van der Waals surface area contributed by atoms with Gasteiger partial charge in [0.15, 0.2) is 0 Å². The van der Waals surface area contributed by atoms with Gasteiger partial charge in [-0.15, -0.1) is 4.53 Å². The van der Waals surface area contributed by atoms with Crippen LogP contribution in [-0.2, 0) is 6.54 Å². The number of hydrazine groups is 1. The fraction of sp³-hybridized carbons (Fsp3) is 0.143. The molecule has 66 valence electrons. The molecule has 0 atom stereocenters. The lowest BCUT2D eigenvalue weighted by Gasteiger charge is -2.14. The Hall–Kier alpha value is 0.01000. The molecule has 0 unspecified atom stereocenters. The molecule has 0 aliphatic rings. The third-order valence-corrected chi connectivity index (χ3v) is 2.11. The molecule has 0 N–H and O–H groups in total. The van der Waals surface area contributed by atoms with Crippen LogP contribution in [0.15, 0.2) is 30.3 Å². The molecule has 0 amide bonds. The van der Waals surface area contributed by atoms with Crippen LogP contribution in [-0.4, -0.2) is 8.58 Å². The summed E-state index contributed by atoms with van der Waals surface area (Å²) in [5.41, 5.74) is 1.04. The van der Waals surface area contributed by atoms with Gasteiger partial charge in [0.2, 0.25) is 0 Å². The summed E-state index contributed by atoms with van der Waals surface area (Å²) in [5.74, 6) is 0. The van der Waals surface area contributed by atoms with Gasteiger partial charge < -0.3 is 0 Å². The fourth-order valence-corrected chi connectivity index (χ4v) is 1.03. The van der Waals surface area contributed by atoms with Gasteiger partial charge in [-0.1, -0.05) is 30.3 Å². The number of hydrogen-bond acceptors (Lipinski definition) is 2. The summed E-state index contributed by atoms with van der Waals surface area (Å²) in [5, 5.41) is 0. The summed E-state index contributed by atoms with van der Waals surface area (Å²) in [7, 11) is 0. The average Bonchev–Trinajstić information content (AvgIpc) is 2.06. The Bertz CT molecular complexity index is 227. The van der Waals surface area contributed by atoms with Gasteiger partial charge in [0.05, 0.1) is 6.54 Å². The quantitative estimate of drug-likeness (QED) is 0.576. The van der Waals surface area contributed by atoms with E-state index < -0.39 is 0 Å². The highest BCUT2D eigenvalue weighted by Gasteiger charge is 2.07. The molecule has 1 aromatic rings. The molecule has 0 aliphatic carbocycles. The van der Waals surface area contributed by atoms with Crippen LogP contribution in [0.4, 0.5) is 0 Å². The number of halogens is 3. The third-order valence-electron chi connectivity index (χ3n) is 1.32. The van der Waals surface area contributed by atoms with Crippen LogP contribution < -0.4 is 0 Å². The van der Waals surface area contributed by atoms with E-state index in [0.29, 0.717) is 6.54 Å². The van der Waals surface area contributed by atoms with Crippen LogP contribution in [0, 0.1) is 0 Å². The second-order valence-electron chi connectivity index (χ2n) is 2.20. The highest BCUT2D eigenvalue weighted by molar-refractivity contribution is 6.35. The van der Waals surface area contributed by atoms with E-state index in [9.17, 15) is 0 Å². The lowest BCUT2D eigenvalue weighted by Crippen LogP contribution is -2.18. The van der Waals surface area contributed by atoms with E-state index >= 15 is 0 Å². The number of benzene rings is 1. The Morgan fingerprint density at radius 2 is 1.58 bits per heavy atom. The zero-order valence-corrected chi connectivity index (χ0v) is 8.39. The van der Waals surface area contributed by atoms with E-state index in [0.717, 1.165) is 9.61 Å². The number of rotatable bonds is 3. The maximum Gasteiger partial charge on any atom is 0.0575 e. The highest BCUT2D eigenvalue weighted by atomic mass is 35.5. The Morgan fingerprint density at radius 3 is 2.08 bits per heavy atom. The predicted molar refractivity (Wildman–Crippen MR) is 51.4 cm³/mol. The van der Waals surface area contributed by atoms with Crippen LogP contribution in [0.25, 0.3) is 0 Å². The largest absolute Gasteiger partial charge is 0.120 e. The molecule has 2 nitrogen and oxygen atoms in total. The van der Waals surface area contributed by atoms with Gasteiger partial charge in [-0.3, -0.25) is 0 Å². The molecular formula is C7H7Cl3N2. The molecule has 0 aliphatic heterocycles. The molecule has 0 saturated carbocycles. The summed E-state index contributed by atoms with van der Waals surface area (Å²) < 4.78 is 1.95. The minimum Gasteiger partial charge on any atom is -0.120 e. The van der Waals surface area contributed by atoms with Gasteiger partial charge in [0.1, 0.15) is 0 Å². The molecule has 0 bridgehead atoms. The summed E-state index contributed by atoms with van der Waals surface area (Å²) in [4.78, 5) is 0. The smallest absolute Gasteiger partial charge is 0.0575 e. The predicted octanol–water partition coefficient (Wildman–Crippen LogP) is 3.17. The SMILES string of the molecule is ClN(Cl)N(Cl)Cc1ccccc1.